The maximum Gasteiger partial charge on any atom is 0.236 e. The van der Waals surface area contributed by atoms with Crippen molar-refractivity contribution < 1.29 is 18.8 Å². The van der Waals surface area contributed by atoms with E-state index in [2.05, 4.69) is 26.7 Å². The van der Waals surface area contributed by atoms with Crippen LogP contribution in [0.5, 0.6) is 5.75 Å². The number of thioether (sulfide) groups is 1. The van der Waals surface area contributed by atoms with Crippen molar-refractivity contribution in [3.63, 3.8) is 0 Å². The summed E-state index contributed by atoms with van der Waals surface area (Å²) in [4.78, 5) is 27.2. The average molecular weight is 550 g/mol. The van der Waals surface area contributed by atoms with Crippen LogP contribution >= 0.6 is 23.1 Å². The van der Waals surface area contributed by atoms with Gasteiger partial charge in [0.15, 0.2) is 15.9 Å². The predicted octanol–water partition coefficient (Wildman–Crippen LogP) is 3.88. The molecule has 2 aliphatic rings. The van der Waals surface area contributed by atoms with E-state index >= 15 is 0 Å². The summed E-state index contributed by atoms with van der Waals surface area (Å²) in [6.45, 7) is 1.73. The number of benzene rings is 1. The Labute approximate surface area is 226 Å². The SMILES string of the molecule is COc1cccc(C2C(C#N)=C(N)N(c3nnc(SCC(=O)Nc4cc(C)on4)s3)C3=C2C(=O)CCC3)c1. The molecule has 0 bridgehead atoms. The van der Waals surface area contributed by atoms with E-state index in [9.17, 15) is 14.9 Å². The number of nitriles is 1. The maximum atomic E-state index is 13.3. The molecule has 13 heteroatoms. The van der Waals surface area contributed by atoms with Crippen LogP contribution in [0.15, 0.2) is 61.9 Å². The lowest BCUT2D eigenvalue weighted by atomic mass is 9.76. The number of rotatable bonds is 7. The number of nitrogens with zero attached hydrogens (tertiary/aromatic N) is 5. The van der Waals surface area contributed by atoms with Crippen molar-refractivity contribution in [3.8, 4) is 11.8 Å². The van der Waals surface area contributed by atoms with Gasteiger partial charge < -0.3 is 20.3 Å². The Balaban J connectivity index is 1.44. The number of amides is 1. The smallest absolute Gasteiger partial charge is 0.236 e. The van der Waals surface area contributed by atoms with Crippen LogP contribution in [0.1, 0.15) is 36.5 Å². The normalized spacial score (nSPS) is 17.3. The summed E-state index contributed by atoms with van der Waals surface area (Å²) in [7, 11) is 1.57. The van der Waals surface area contributed by atoms with Gasteiger partial charge >= 0.3 is 0 Å². The van der Waals surface area contributed by atoms with Crippen molar-refractivity contribution in [2.45, 2.75) is 36.4 Å². The topological polar surface area (TPSA) is 160 Å². The molecule has 1 aromatic carbocycles. The molecule has 1 aliphatic heterocycles. The minimum absolute atomic E-state index is 0.0248. The van der Waals surface area contributed by atoms with Crippen LogP contribution < -0.4 is 20.7 Å². The van der Waals surface area contributed by atoms with Crippen molar-refractivity contribution in [2.24, 2.45) is 5.73 Å². The fourth-order valence-corrected chi connectivity index (χ4v) is 6.22. The van der Waals surface area contributed by atoms with Crippen LogP contribution in [0.25, 0.3) is 0 Å². The molecule has 194 valence electrons. The summed E-state index contributed by atoms with van der Waals surface area (Å²) in [5.41, 5.74) is 8.88. The molecule has 11 nitrogen and oxygen atoms in total. The molecule has 0 spiro atoms. The molecule has 0 radical (unpaired) electrons. The highest BCUT2D eigenvalue weighted by Gasteiger charge is 2.41. The molecule has 3 N–H and O–H groups in total. The number of ketones is 1. The molecule has 5 rings (SSSR count). The number of hydrogen-bond donors (Lipinski definition) is 2. The highest BCUT2D eigenvalue weighted by atomic mass is 32.2. The highest BCUT2D eigenvalue weighted by Crippen LogP contribution is 2.47. The molecule has 1 amide bonds. The largest absolute Gasteiger partial charge is 0.497 e. The second kappa shape index (κ2) is 10.7. The van der Waals surface area contributed by atoms with Crippen LogP contribution in [-0.2, 0) is 9.59 Å². The molecular formula is C25H23N7O4S2. The summed E-state index contributed by atoms with van der Waals surface area (Å²) < 4.78 is 10.9. The summed E-state index contributed by atoms with van der Waals surface area (Å²) in [6.07, 6.45) is 1.65. The fourth-order valence-electron chi connectivity index (χ4n) is 4.54. The first kappa shape index (κ1) is 25.5. The molecule has 1 atom stereocenters. The van der Waals surface area contributed by atoms with E-state index in [1.165, 1.54) is 23.1 Å². The summed E-state index contributed by atoms with van der Waals surface area (Å²) in [5, 5.41) is 25.5. The standard InChI is InChI=1S/C25H23N7O4S2/c1-13-9-19(31-36-13)28-20(34)12-37-25-30-29-24(38-25)32-17-7-4-8-18(33)22(17)21(16(11-26)23(32)27)14-5-3-6-15(10-14)35-2/h3,5-6,9-10,21H,4,7-8,12,27H2,1-2H3,(H,28,31,34). The minimum atomic E-state index is -0.597. The molecule has 0 saturated heterocycles. The van der Waals surface area contributed by atoms with Crippen LogP contribution in [0.4, 0.5) is 10.9 Å². The van der Waals surface area contributed by atoms with Crippen molar-refractivity contribution in [3.05, 3.63) is 64.3 Å². The van der Waals surface area contributed by atoms with E-state index in [1.54, 1.807) is 25.0 Å². The Hall–Kier alpha value is -4.15. The first-order chi connectivity index (χ1) is 18.4. The number of aromatic nitrogens is 3. The fraction of sp³-hybridized carbons (Fsp3) is 0.280. The van der Waals surface area contributed by atoms with E-state index in [0.29, 0.717) is 51.6 Å². The van der Waals surface area contributed by atoms with E-state index in [4.69, 9.17) is 15.0 Å². The second-order valence-electron chi connectivity index (χ2n) is 8.60. The quantitative estimate of drug-likeness (QED) is 0.412. The maximum absolute atomic E-state index is 13.3. The molecule has 1 unspecified atom stereocenters. The second-order valence-corrected chi connectivity index (χ2v) is 10.8. The lowest BCUT2D eigenvalue weighted by Crippen LogP contribution is -2.38. The van der Waals surface area contributed by atoms with E-state index < -0.39 is 5.92 Å². The predicted molar refractivity (Wildman–Crippen MR) is 141 cm³/mol. The number of carbonyl (C=O) groups excluding carboxylic acids is 2. The Morgan fingerprint density at radius 2 is 2.21 bits per heavy atom. The third-order valence-corrected chi connectivity index (χ3v) is 8.19. The van der Waals surface area contributed by atoms with Crippen LogP contribution in [0, 0.1) is 18.3 Å². The zero-order chi connectivity index (χ0) is 26.8. The third kappa shape index (κ3) is 4.88. The van der Waals surface area contributed by atoms with Gasteiger partial charge in [-0.2, -0.15) is 5.26 Å². The van der Waals surface area contributed by atoms with Crippen molar-refractivity contribution in [1.82, 2.24) is 15.4 Å². The summed E-state index contributed by atoms with van der Waals surface area (Å²) >= 11 is 2.44. The number of nitrogens with one attached hydrogen (secondary N) is 1. The Kier molecular flexibility index (Phi) is 7.17. The van der Waals surface area contributed by atoms with Gasteiger partial charge in [-0.15, -0.1) is 10.2 Å². The molecule has 3 heterocycles. The van der Waals surface area contributed by atoms with E-state index in [-0.39, 0.29) is 28.8 Å². The first-order valence-electron chi connectivity index (χ1n) is 11.7. The number of carbonyl (C=O) groups is 2. The molecule has 2 aromatic heterocycles. The molecule has 0 saturated carbocycles. The van der Waals surface area contributed by atoms with Gasteiger partial charge in [0.2, 0.25) is 11.0 Å². The van der Waals surface area contributed by atoms with Crippen LogP contribution in [-0.4, -0.2) is 39.9 Å². The third-order valence-electron chi connectivity index (χ3n) is 6.15. The molecule has 3 aromatic rings. The zero-order valence-corrected chi connectivity index (χ0v) is 22.2. The summed E-state index contributed by atoms with van der Waals surface area (Å²) in [6, 6.07) is 11.2. The molecule has 1 aliphatic carbocycles. The van der Waals surface area contributed by atoms with Gasteiger partial charge in [0.05, 0.1) is 30.4 Å². The number of aryl methyl sites for hydroxylation is 1. The number of Topliss-reactive ketones (excluding diaryl/α,β-unsaturated/α-hetero) is 1. The lowest BCUT2D eigenvalue weighted by molar-refractivity contribution is -0.116. The van der Waals surface area contributed by atoms with Gasteiger partial charge in [0.25, 0.3) is 0 Å². The van der Waals surface area contributed by atoms with Crippen molar-refractivity contribution >= 4 is 45.7 Å². The number of nitrogens with two attached hydrogens (primary N) is 1. The van der Waals surface area contributed by atoms with Crippen LogP contribution in [0.2, 0.25) is 0 Å². The van der Waals surface area contributed by atoms with E-state index in [0.717, 1.165) is 11.3 Å². The number of anilines is 2. The molecule has 0 fully saturated rings. The Morgan fingerprint density at radius 3 is 2.95 bits per heavy atom. The minimum Gasteiger partial charge on any atom is -0.497 e. The lowest BCUT2D eigenvalue weighted by Gasteiger charge is -2.38. The summed E-state index contributed by atoms with van der Waals surface area (Å²) in [5.74, 6) is 0.957. The van der Waals surface area contributed by atoms with Crippen molar-refractivity contribution in [1.29, 1.82) is 5.26 Å². The van der Waals surface area contributed by atoms with E-state index in [1.807, 2.05) is 24.3 Å². The van der Waals surface area contributed by atoms with Gasteiger partial charge in [-0.05, 0) is 37.5 Å². The van der Waals surface area contributed by atoms with Gasteiger partial charge in [0, 0.05) is 23.8 Å². The Bertz CT molecular complexity index is 1520. The van der Waals surface area contributed by atoms with Gasteiger partial charge in [-0.3, -0.25) is 14.5 Å². The average Bonchev–Trinajstić information content (AvgIpc) is 3.55. The number of hydrogen-bond acceptors (Lipinski definition) is 12. The van der Waals surface area contributed by atoms with Gasteiger partial charge in [-0.1, -0.05) is 40.4 Å². The number of methoxy groups -OCH3 is 1. The highest BCUT2D eigenvalue weighted by molar-refractivity contribution is 8.01. The molecule has 38 heavy (non-hydrogen) atoms. The first-order valence-corrected chi connectivity index (χ1v) is 13.5. The number of allylic oxidation sites excluding steroid dienone is 3. The van der Waals surface area contributed by atoms with Gasteiger partial charge in [0.1, 0.15) is 17.3 Å². The van der Waals surface area contributed by atoms with Crippen LogP contribution in [0.3, 0.4) is 0 Å². The molecular weight excluding hydrogens is 526 g/mol. The van der Waals surface area contributed by atoms with Gasteiger partial charge in [-0.25, -0.2) is 0 Å². The Morgan fingerprint density at radius 1 is 1.37 bits per heavy atom. The van der Waals surface area contributed by atoms with Crippen molar-refractivity contribution in [2.75, 3.05) is 23.1 Å². The monoisotopic (exact) mass is 549 g/mol. The zero-order valence-electron chi connectivity index (χ0n) is 20.6. The number of ether oxygens (including phenoxy) is 1.